The summed E-state index contributed by atoms with van der Waals surface area (Å²) < 4.78 is 5.18. The highest BCUT2D eigenvalue weighted by Gasteiger charge is 2.43. The Morgan fingerprint density at radius 1 is 0.358 bits per heavy atom. The van der Waals surface area contributed by atoms with Crippen LogP contribution in [0.25, 0.3) is 102 Å². The van der Waals surface area contributed by atoms with Gasteiger partial charge in [0, 0.05) is 48.4 Å². The van der Waals surface area contributed by atoms with Crippen LogP contribution >= 0.6 is 11.3 Å². The minimum absolute atomic E-state index is 0.236. The van der Waals surface area contributed by atoms with Gasteiger partial charge in [-0.25, -0.2) is 0 Å². The molecule has 13 aromatic rings. The summed E-state index contributed by atoms with van der Waals surface area (Å²) in [5.74, 6) is 0. The number of hydrogen-bond acceptors (Lipinski definition) is 2. The summed E-state index contributed by atoms with van der Waals surface area (Å²) in [4.78, 5) is 2.59. The van der Waals surface area contributed by atoms with E-state index in [2.05, 4.69) is 231 Å². The highest BCUT2D eigenvalue weighted by molar-refractivity contribution is 7.26. The SMILES string of the molecule is CC1(C)c2cc3c(cc2-c2cc4c5ccccc5c5ccccc5c4cc21)C(C)(C)c1cc2ccccc2cc1N3c1cccc(-n2c3ccccc3c3ccc4c5ccccc5sc4c32)c1. The number of fused-ring (bicyclic) bond motifs is 19. The first-order valence-electron chi connectivity index (χ1n) is 23.6. The molecule has 316 valence electrons. The molecule has 0 spiro atoms. The van der Waals surface area contributed by atoms with Crippen molar-refractivity contribution in [2.75, 3.05) is 4.90 Å². The minimum atomic E-state index is -0.288. The predicted molar refractivity (Wildman–Crippen MR) is 288 cm³/mol. The number of hydrogen-bond donors (Lipinski definition) is 0. The van der Waals surface area contributed by atoms with Gasteiger partial charge >= 0.3 is 0 Å². The molecule has 0 fully saturated rings. The molecule has 15 rings (SSSR count). The molecule has 2 nitrogen and oxygen atoms in total. The van der Waals surface area contributed by atoms with Crippen molar-refractivity contribution < 1.29 is 0 Å². The van der Waals surface area contributed by atoms with Gasteiger partial charge in [-0.3, -0.25) is 0 Å². The van der Waals surface area contributed by atoms with E-state index in [9.17, 15) is 0 Å². The number of rotatable bonds is 2. The summed E-state index contributed by atoms with van der Waals surface area (Å²) >= 11 is 1.91. The predicted octanol–water partition coefficient (Wildman–Crippen LogP) is 18.2. The average molecular weight is 873 g/mol. The van der Waals surface area contributed by atoms with E-state index in [1.54, 1.807) is 0 Å². The van der Waals surface area contributed by atoms with Crippen molar-refractivity contribution in [1.82, 2.24) is 4.57 Å². The Morgan fingerprint density at radius 2 is 0.896 bits per heavy atom. The van der Waals surface area contributed by atoms with Crippen LogP contribution in [-0.4, -0.2) is 4.57 Å². The van der Waals surface area contributed by atoms with Gasteiger partial charge in [0.15, 0.2) is 0 Å². The molecule has 67 heavy (non-hydrogen) atoms. The maximum atomic E-state index is 2.59. The van der Waals surface area contributed by atoms with Gasteiger partial charge in [-0.05, 0) is 143 Å². The van der Waals surface area contributed by atoms with Crippen molar-refractivity contribution in [3.05, 3.63) is 216 Å². The van der Waals surface area contributed by atoms with E-state index in [1.165, 1.54) is 130 Å². The first kappa shape index (κ1) is 37.5. The number of thiophene rings is 1. The molecule has 0 unspecified atom stereocenters. The van der Waals surface area contributed by atoms with Crippen LogP contribution < -0.4 is 4.90 Å². The van der Waals surface area contributed by atoms with Crippen LogP contribution in [0.5, 0.6) is 0 Å². The lowest BCUT2D eigenvalue weighted by Gasteiger charge is -2.43. The van der Waals surface area contributed by atoms with Crippen LogP contribution in [0.2, 0.25) is 0 Å². The van der Waals surface area contributed by atoms with Crippen molar-refractivity contribution in [3.8, 4) is 16.8 Å². The second-order valence-corrected chi connectivity index (χ2v) is 21.1. The summed E-state index contributed by atoms with van der Waals surface area (Å²) in [5.41, 5.74) is 14.9. The second kappa shape index (κ2) is 13.0. The third-order valence-electron chi connectivity index (χ3n) is 15.9. The van der Waals surface area contributed by atoms with Gasteiger partial charge in [0.2, 0.25) is 0 Å². The van der Waals surface area contributed by atoms with Crippen molar-refractivity contribution >= 4 is 113 Å². The first-order chi connectivity index (χ1) is 32.7. The maximum absolute atomic E-state index is 2.59. The van der Waals surface area contributed by atoms with E-state index >= 15 is 0 Å². The van der Waals surface area contributed by atoms with Gasteiger partial charge in [0.25, 0.3) is 0 Å². The topological polar surface area (TPSA) is 8.17 Å². The van der Waals surface area contributed by atoms with Crippen molar-refractivity contribution in [2.24, 2.45) is 0 Å². The molecule has 2 aliphatic rings. The molecule has 0 saturated carbocycles. The van der Waals surface area contributed by atoms with E-state index in [0.29, 0.717) is 0 Å². The molecular weight excluding hydrogens is 829 g/mol. The quantitative estimate of drug-likeness (QED) is 0.157. The fraction of sp³-hybridized carbons (Fsp3) is 0.0938. The number of nitrogens with zero attached hydrogens (tertiary/aromatic N) is 2. The molecule has 3 heteroatoms. The zero-order chi connectivity index (χ0) is 44.5. The maximum Gasteiger partial charge on any atom is 0.0719 e. The van der Waals surface area contributed by atoms with Crippen molar-refractivity contribution in [2.45, 2.75) is 38.5 Å². The van der Waals surface area contributed by atoms with Crippen molar-refractivity contribution in [1.29, 1.82) is 0 Å². The molecule has 0 saturated heterocycles. The third-order valence-corrected chi connectivity index (χ3v) is 17.1. The van der Waals surface area contributed by atoms with Gasteiger partial charge in [-0.2, -0.15) is 0 Å². The van der Waals surface area contributed by atoms with Crippen LogP contribution in [0.1, 0.15) is 49.9 Å². The molecule has 11 aromatic carbocycles. The zero-order valence-corrected chi connectivity index (χ0v) is 38.6. The van der Waals surface area contributed by atoms with E-state index in [-0.39, 0.29) is 10.8 Å². The molecule has 0 amide bonds. The first-order valence-corrected chi connectivity index (χ1v) is 24.4. The Balaban J connectivity index is 1.00. The molecule has 0 radical (unpaired) electrons. The van der Waals surface area contributed by atoms with Crippen LogP contribution in [0, 0.1) is 0 Å². The van der Waals surface area contributed by atoms with Gasteiger partial charge in [0.1, 0.15) is 0 Å². The monoisotopic (exact) mass is 872 g/mol. The molecule has 2 aromatic heterocycles. The van der Waals surface area contributed by atoms with E-state index in [1.807, 2.05) is 11.3 Å². The zero-order valence-electron chi connectivity index (χ0n) is 37.8. The van der Waals surface area contributed by atoms with Crippen LogP contribution in [0.3, 0.4) is 0 Å². The lowest BCUT2D eigenvalue weighted by Crippen LogP contribution is -2.31. The van der Waals surface area contributed by atoms with Crippen LogP contribution in [0.15, 0.2) is 194 Å². The molecular formula is C64H44N2S. The average Bonchev–Trinajstić information content (AvgIpc) is 3.98. The fourth-order valence-electron chi connectivity index (χ4n) is 12.6. The number of aromatic nitrogens is 1. The van der Waals surface area contributed by atoms with E-state index < -0.39 is 0 Å². The molecule has 1 aliphatic heterocycles. The second-order valence-electron chi connectivity index (χ2n) is 20.1. The van der Waals surface area contributed by atoms with Gasteiger partial charge < -0.3 is 9.47 Å². The number of para-hydroxylation sites is 1. The minimum Gasteiger partial charge on any atom is -0.310 e. The largest absolute Gasteiger partial charge is 0.310 e. The van der Waals surface area contributed by atoms with Crippen LogP contribution in [0.4, 0.5) is 17.1 Å². The summed E-state index contributed by atoms with van der Waals surface area (Å²) in [5, 5.41) is 15.6. The van der Waals surface area contributed by atoms with Gasteiger partial charge in [0.05, 0.1) is 27.1 Å². The summed E-state index contributed by atoms with van der Waals surface area (Å²) in [6.07, 6.45) is 0. The summed E-state index contributed by atoms with van der Waals surface area (Å²) in [6, 6.07) is 73.7. The van der Waals surface area contributed by atoms with Gasteiger partial charge in [-0.1, -0.05) is 155 Å². The Hall–Kier alpha value is -7.72. The lowest BCUT2D eigenvalue weighted by molar-refractivity contribution is 0.628. The summed E-state index contributed by atoms with van der Waals surface area (Å²) in [6.45, 7) is 9.76. The highest BCUT2D eigenvalue weighted by Crippen LogP contribution is 2.59. The van der Waals surface area contributed by atoms with E-state index in [4.69, 9.17) is 0 Å². The standard InChI is InChI=1S/C64H44N2S/c1-63(2)53-34-50-44-23-10-8-21-42(44)41-20-7-9-22-43(41)49(50)33-51(53)52-35-56-59(36-54(52)63)65(58-31-38-17-6-5-16-37(38)30-55(58)64(56,3)4)39-18-15-19-40(32-39)66-57-26-13-11-24-45(57)47-28-29-48-46-25-12-14-27-60(46)67-62(48)61(47)66/h5-36H,1-4H3. The van der Waals surface area contributed by atoms with E-state index in [0.717, 1.165) is 11.4 Å². The lowest BCUT2D eigenvalue weighted by atomic mass is 9.71. The molecule has 1 aliphatic carbocycles. The Morgan fingerprint density at radius 3 is 1.66 bits per heavy atom. The number of benzene rings is 11. The molecule has 0 N–H and O–H groups in total. The Bertz CT molecular complexity index is 4350. The smallest absolute Gasteiger partial charge is 0.0719 e. The Kier molecular flexibility index (Phi) is 7.28. The van der Waals surface area contributed by atoms with Crippen molar-refractivity contribution in [3.63, 3.8) is 0 Å². The summed E-state index contributed by atoms with van der Waals surface area (Å²) in [7, 11) is 0. The number of anilines is 3. The van der Waals surface area contributed by atoms with Gasteiger partial charge in [-0.15, -0.1) is 11.3 Å². The molecule has 0 bridgehead atoms. The van der Waals surface area contributed by atoms with Crippen LogP contribution in [-0.2, 0) is 10.8 Å². The third kappa shape index (κ3) is 4.89. The highest BCUT2D eigenvalue weighted by atomic mass is 32.1. The molecule has 3 heterocycles. The molecule has 0 atom stereocenters. The Labute approximate surface area is 392 Å². The normalized spacial score (nSPS) is 14.8. The fourth-order valence-corrected chi connectivity index (χ4v) is 13.8.